The molecule has 2 amide bonds. The SMILES string of the molecule is CC(C)CC(NC(=O)CCCOc1ccc2c(c1)CCC(=O)N2)c1nc2ccccc2[nH]1. The summed E-state index contributed by atoms with van der Waals surface area (Å²) in [6, 6.07) is 13.4. The number of fused-ring (bicyclic) bond motifs is 2. The number of nitrogens with zero attached hydrogens (tertiary/aromatic N) is 1. The van der Waals surface area contributed by atoms with Crippen LogP contribution < -0.4 is 15.4 Å². The normalized spacial score (nSPS) is 14.2. The van der Waals surface area contributed by atoms with Gasteiger partial charge in [-0.05, 0) is 61.1 Å². The van der Waals surface area contributed by atoms with Crippen molar-refractivity contribution in [3.05, 3.63) is 53.9 Å². The second-order valence-electron chi connectivity index (χ2n) is 8.71. The van der Waals surface area contributed by atoms with Gasteiger partial charge in [-0.15, -0.1) is 0 Å². The van der Waals surface area contributed by atoms with Gasteiger partial charge in [0.1, 0.15) is 11.6 Å². The van der Waals surface area contributed by atoms with Crippen LogP contribution in [-0.4, -0.2) is 28.4 Å². The lowest BCUT2D eigenvalue weighted by molar-refractivity contribution is -0.122. The summed E-state index contributed by atoms with van der Waals surface area (Å²) in [4.78, 5) is 32.1. The number of hydrogen-bond acceptors (Lipinski definition) is 4. The van der Waals surface area contributed by atoms with Gasteiger partial charge in [-0.1, -0.05) is 26.0 Å². The average molecular weight is 435 g/mol. The highest BCUT2D eigenvalue weighted by Crippen LogP contribution is 2.27. The number of rotatable bonds is 9. The number of ether oxygens (including phenoxy) is 1. The molecule has 1 aromatic heterocycles. The van der Waals surface area contributed by atoms with E-state index in [9.17, 15) is 9.59 Å². The molecule has 7 heteroatoms. The Bertz CT molecular complexity index is 1070. The number of aromatic nitrogens is 2. The maximum Gasteiger partial charge on any atom is 0.224 e. The number of para-hydroxylation sites is 2. The topological polar surface area (TPSA) is 96.1 Å². The number of carbonyl (C=O) groups excluding carboxylic acids is 2. The van der Waals surface area contributed by atoms with E-state index in [0.29, 0.717) is 31.8 Å². The summed E-state index contributed by atoms with van der Waals surface area (Å²) in [5.74, 6) is 2.03. The van der Waals surface area contributed by atoms with Crippen molar-refractivity contribution in [3.63, 3.8) is 0 Å². The quantitative estimate of drug-likeness (QED) is 0.432. The fourth-order valence-corrected chi connectivity index (χ4v) is 3.99. The molecule has 1 aliphatic rings. The molecule has 168 valence electrons. The number of imidazole rings is 1. The molecule has 32 heavy (non-hydrogen) atoms. The predicted octanol–water partition coefficient (Wildman–Crippen LogP) is 4.51. The van der Waals surface area contributed by atoms with Gasteiger partial charge in [0.2, 0.25) is 11.8 Å². The van der Waals surface area contributed by atoms with Crippen molar-refractivity contribution < 1.29 is 14.3 Å². The van der Waals surface area contributed by atoms with Crippen LogP contribution in [0.2, 0.25) is 0 Å². The number of carbonyl (C=O) groups is 2. The van der Waals surface area contributed by atoms with Crippen LogP contribution in [0.3, 0.4) is 0 Å². The van der Waals surface area contributed by atoms with E-state index in [4.69, 9.17) is 4.74 Å². The Labute approximate surface area is 188 Å². The van der Waals surface area contributed by atoms with Crippen molar-refractivity contribution in [2.24, 2.45) is 5.92 Å². The van der Waals surface area contributed by atoms with Crippen LogP contribution in [0.4, 0.5) is 5.69 Å². The first-order valence-corrected chi connectivity index (χ1v) is 11.3. The van der Waals surface area contributed by atoms with Gasteiger partial charge in [0.25, 0.3) is 0 Å². The van der Waals surface area contributed by atoms with Crippen molar-refractivity contribution >= 4 is 28.5 Å². The lowest BCUT2D eigenvalue weighted by Gasteiger charge is -2.19. The van der Waals surface area contributed by atoms with Crippen LogP contribution >= 0.6 is 0 Å². The Morgan fingerprint density at radius 3 is 2.84 bits per heavy atom. The first kappa shape index (κ1) is 21.9. The van der Waals surface area contributed by atoms with Crippen molar-refractivity contribution in [3.8, 4) is 5.75 Å². The Kier molecular flexibility index (Phi) is 6.73. The summed E-state index contributed by atoms with van der Waals surface area (Å²) >= 11 is 0. The van der Waals surface area contributed by atoms with Crippen LogP contribution in [0, 0.1) is 5.92 Å². The van der Waals surface area contributed by atoms with Gasteiger partial charge in [0, 0.05) is 18.5 Å². The molecule has 0 spiro atoms. The minimum absolute atomic E-state index is 0.00661. The lowest BCUT2D eigenvalue weighted by atomic mass is 10.0. The summed E-state index contributed by atoms with van der Waals surface area (Å²) in [6.07, 6.45) is 3.04. The van der Waals surface area contributed by atoms with Gasteiger partial charge in [-0.2, -0.15) is 0 Å². The second-order valence-corrected chi connectivity index (χ2v) is 8.71. The van der Waals surface area contributed by atoms with E-state index >= 15 is 0 Å². The highest BCUT2D eigenvalue weighted by Gasteiger charge is 2.20. The summed E-state index contributed by atoms with van der Waals surface area (Å²) < 4.78 is 5.83. The van der Waals surface area contributed by atoms with Crippen LogP contribution in [0.25, 0.3) is 11.0 Å². The van der Waals surface area contributed by atoms with Gasteiger partial charge < -0.3 is 20.4 Å². The smallest absolute Gasteiger partial charge is 0.224 e. The van der Waals surface area contributed by atoms with Gasteiger partial charge in [0.05, 0.1) is 23.7 Å². The summed E-state index contributed by atoms with van der Waals surface area (Å²) in [5, 5.41) is 6.01. The van der Waals surface area contributed by atoms with Gasteiger partial charge in [-0.25, -0.2) is 4.98 Å². The van der Waals surface area contributed by atoms with Gasteiger partial charge in [-0.3, -0.25) is 9.59 Å². The molecule has 4 rings (SSSR count). The number of benzene rings is 2. The van der Waals surface area contributed by atoms with Crippen molar-refractivity contribution in [1.82, 2.24) is 15.3 Å². The standard InChI is InChI=1S/C25H30N4O3/c1-16(2)14-22(25-28-20-6-3-4-7-21(20)29-25)27-23(30)8-5-13-32-18-10-11-19-17(15-18)9-12-24(31)26-19/h3-4,6-7,10-11,15-16,22H,5,8-9,12-14H2,1-2H3,(H,26,31)(H,27,30)(H,28,29). The molecular formula is C25H30N4O3. The Morgan fingerprint density at radius 1 is 1.19 bits per heavy atom. The minimum Gasteiger partial charge on any atom is -0.494 e. The summed E-state index contributed by atoms with van der Waals surface area (Å²) in [7, 11) is 0. The van der Waals surface area contributed by atoms with E-state index in [2.05, 4.69) is 34.4 Å². The summed E-state index contributed by atoms with van der Waals surface area (Å²) in [5.41, 5.74) is 3.82. The molecule has 2 aromatic carbocycles. The number of anilines is 1. The first-order valence-electron chi connectivity index (χ1n) is 11.3. The molecule has 0 radical (unpaired) electrons. The van der Waals surface area contributed by atoms with Gasteiger partial charge >= 0.3 is 0 Å². The molecule has 3 N–H and O–H groups in total. The second kappa shape index (κ2) is 9.85. The largest absolute Gasteiger partial charge is 0.494 e. The van der Waals surface area contributed by atoms with Crippen molar-refractivity contribution in [2.75, 3.05) is 11.9 Å². The van der Waals surface area contributed by atoms with Crippen LogP contribution in [0.15, 0.2) is 42.5 Å². The molecule has 0 saturated heterocycles. The van der Waals surface area contributed by atoms with E-state index < -0.39 is 0 Å². The monoisotopic (exact) mass is 434 g/mol. The molecule has 1 aliphatic heterocycles. The zero-order valence-corrected chi connectivity index (χ0v) is 18.6. The molecule has 0 saturated carbocycles. The number of H-pyrrole nitrogens is 1. The first-order chi connectivity index (χ1) is 15.5. The number of hydrogen-bond donors (Lipinski definition) is 3. The highest BCUT2D eigenvalue weighted by atomic mass is 16.5. The molecule has 1 atom stereocenters. The Hall–Kier alpha value is -3.35. The average Bonchev–Trinajstić information content (AvgIpc) is 3.20. The fourth-order valence-electron chi connectivity index (χ4n) is 3.99. The molecule has 2 heterocycles. The number of aryl methyl sites for hydroxylation is 1. The minimum atomic E-state index is -0.147. The lowest BCUT2D eigenvalue weighted by Crippen LogP contribution is -2.30. The maximum absolute atomic E-state index is 12.6. The third-order valence-electron chi connectivity index (χ3n) is 5.57. The molecule has 0 fully saturated rings. The van der Waals surface area contributed by atoms with E-state index in [1.54, 1.807) is 0 Å². The van der Waals surface area contributed by atoms with Crippen LogP contribution in [0.1, 0.15) is 57.0 Å². The van der Waals surface area contributed by atoms with Crippen LogP contribution in [0.5, 0.6) is 5.75 Å². The molecule has 1 unspecified atom stereocenters. The van der Waals surface area contributed by atoms with Crippen LogP contribution in [-0.2, 0) is 16.0 Å². The summed E-state index contributed by atoms with van der Waals surface area (Å²) in [6.45, 7) is 4.73. The third-order valence-corrected chi connectivity index (χ3v) is 5.57. The van der Waals surface area contributed by atoms with Crippen molar-refractivity contribution in [1.29, 1.82) is 0 Å². The predicted molar refractivity (Wildman–Crippen MR) is 125 cm³/mol. The zero-order chi connectivity index (χ0) is 22.5. The highest BCUT2D eigenvalue weighted by molar-refractivity contribution is 5.94. The van der Waals surface area contributed by atoms with Gasteiger partial charge in [0.15, 0.2) is 0 Å². The van der Waals surface area contributed by atoms with E-state index in [1.165, 1.54) is 0 Å². The molecule has 0 aliphatic carbocycles. The molecule has 3 aromatic rings. The molecule has 7 nitrogen and oxygen atoms in total. The van der Waals surface area contributed by atoms with Crippen molar-refractivity contribution in [2.45, 2.75) is 52.0 Å². The fraction of sp³-hybridized carbons (Fsp3) is 0.400. The number of aromatic amines is 1. The number of nitrogens with one attached hydrogen (secondary N) is 3. The zero-order valence-electron chi connectivity index (χ0n) is 18.6. The molecular weight excluding hydrogens is 404 g/mol. The maximum atomic E-state index is 12.6. The Morgan fingerprint density at radius 2 is 2.03 bits per heavy atom. The third kappa shape index (κ3) is 5.46. The van der Waals surface area contributed by atoms with E-state index in [-0.39, 0.29) is 17.9 Å². The Balaban J connectivity index is 1.28. The van der Waals surface area contributed by atoms with E-state index in [0.717, 1.165) is 46.7 Å². The van der Waals surface area contributed by atoms with E-state index in [1.807, 2.05) is 42.5 Å². The molecule has 0 bridgehead atoms. The number of amides is 2.